The predicted molar refractivity (Wildman–Crippen MR) is 151 cm³/mol. The summed E-state index contributed by atoms with van der Waals surface area (Å²) in [5.74, 6) is -1.81. The van der Waals surface area contributed by atoms with Crippen molar-refractivity contribution in [2.75, 3.05) is 28.6 Å². The molecule has 0 heterocycles. The molecule has 3 rings (SSSR count). The number of urea groups is 1. The fourth-order valence-corrected chi connectivity index (χ4v) is 4.36. The Kier molecular flexibility index (Phi) is 9.68. The molecule has 0 radical (unpaired) electrons. The molecular weight excluding hydrogens is 523 g/mol. The number of carboxylic acid groups (broad SMARTS) is 1. The van der Waals surface area contributed by atoms with E-state index in [1.807, 2.05) is 19.1 Å². The molecule has 3 N–H and O–H groups in total. The van der Waals surface area contributed by atoms with E-state index >= 15 is 0 Å². The van der Waals surface area contributed by atoms with Crippen LogP contribution in [-0.4, -0.2) is 36.6 Å². The molecule has 0 aromatic heterocycles. The van der Waals surface area contributed by atoms with Crippen LogP contribution in [0.15, 0.2) is 60.7 Å². The first-order chi connectivity index (χ1) is 18.7. The molecule has 0 aliphatic carbocycles. The summed E-state index contributed by atoms with van der Waals surface area (Å²) >= 11 is 0. The number of anilines is 3. The highest BCUT2D eigenvalue weighted by atomic mass is 19.4. The second-order valence-electron chi connectivity index (χ2n) is 10.4. The van der Waals surface area contributed by atoms with Gasteiger partial charge in [0, 0.05) is 24.3 Å². The number of ether oxygens (including phenoxy) is 1. The fourth-order valence-electron chi connectivity index (χ4n) is 4.36. The summed E-state index contributed by atoms with van der Waals surface area (Å²) in [4.78, 5) is 27.2. The SMILES string of the molecule is Cc1ccc(NC(=O)Nc2cc(-c3cccc(OC(F)(F)F)c3C(=O)O)ccc2N(CC(C)C)CC(C)C)cc1. The van der Waals surface area contributed by atoms with Crippen molar-refractivity contribution in [3.8, 4) is 16.9 Å². The van der Waals surface area contributed by atoms with Crippen molar-refractivity contribution in [2.24, 2.45) is 11.8 Å². The van der Waals surface area contributed by atoms with Crippen molar-refractivity contribution in [2.45, 2.75) is 41.0 Å². The number of benzene rings is 3. The van der Waals surface area contributed by atoms with Crippen molar-refractivity contribution in [3.05, 3.63) is 71.8 Å². The Morgan fingerprint density at radius 1 is 0.925 bits per heavy atom. The maximum atomic E-state index is 13.0. The van der Waals surface area contributed by atoms with Crippen LogP contribution in [0.4, 0.5) is 35.0 Å². The number of hydrogen-bond acceptors (Lipinski definition) is 4. The minimum atomic E-state index is -5.07. The van der Waals surface area contributed by atoms with E-state index in [0.29, 0.717) is 47.6 Å². The number of hydrogen-bond donors (Lipinski definition) is 3. The summed E-state index contributed by atoms with van der Waals surface area (Å²) in [6.45, 7) is 11.6. The van der Waals surface area contributed by atoms with Gasteiger partial charge < -0.3 is 25.4 Å². The largest absolute Gasteiger partial charge is 0.573 e. The number of halogens is 3. The Morgan fingerprint density at radius 3 is 2.10 bits per heavy atom. The average molecular weight is 558 g/mol. The Balaban J connectivity index is 2.11. The van der Waals surface area contributed by atoms with Gasteiger partial charge in [-0.3, -0.25) is 0 Å². The zero-order valence-corrected chi connectivity index (χ0v) is 23.1. The summed E-state index contributed by atoms with van der Waals surface area (Å²) in [6, 6.07) is 15.3. The van der Waals surface area contributed by atoms with Gasteiger partial charge in [-0.05, 0) is 54.7 Å². The smallest absolute Gasteiger partial charge is 0.478 e. The molecule has 0 saturated carbocycles. The lowest BCUT2D eigenvalue weighted by Gasteiger charge is -2.31. The lowest BCUT2D eigenvalue weighted by atomic mass is 9.97. The molecule has 0 spiro atoms. The van der Waals surface area contributed by atoms with Crippen LogP contribution < -0.4 is 20.3 Å². The highest BCUT2D eigenvalue weighted by molar-refractivity contribution is 6.04. The zero-order chi connectivity index (χ0) is 29.6. The molecule has 0 unspecified atom stereocenters. The molecule has 7 nitrogen and oxygen atoms in total. The van der Waals surface area contributed by atoms with E-state index in [1.54, 1.807) is 30.3 Å². The Morgan fingerprint density at radius 2 is 1.55 bits per heavy atom. The monoisotopic (exact) mass is 557 g/mol. The summed E-state index contributed by atoms with van der Waals surface area (Å²) in [5.41, 5.74) is 2.36. The first-order valence-corrected chi connectivity index (χ1v) is 12.9. The maximum absolute atomic E-state index is 13.0. The lowest BCUT2D eigenvalue weighted by Crippen LogP contribution is -2.32. The van der Waals surface area contributed by atoms with Crippen LogP contribution in [0.5, 0.6) is 5.75 Å². The molecule has 3 aromatic carbocycles. The number of amides is 2. The minimum absolute atomic E-state index is 0.0158. The average Bonchev–Trinajstić information content (AvgIpc) is 2.83. The molecule has 0 bridgehead atoms. The molecule has 0 aliphatic heterocycles. The molecule has 214 valence electrons. The molecule has 10 heteroatoms. The number of aryl methyl sites for hydroxylation is 1. The van der Waals surface area contributed by atoms with Crippen LogP contribution in [0, 0.1) is 18.8 Å². The van der Waals surface area contributed by atoms with Gasteiger partial charge in [0.1, 0.15) is 11.3 Å². The topological polar surface area (TPSA) is 90.9 Å². The predicted octanol–water partition coefficient (Wildman–Crippen LogP) is 8.02. The number of nitrogens with one attached hydrogen (secondary N) is 2. The van der Waals surface area contributed by atoms with Crippen molar-refractivity contribution in [1.29, 1.82) is 0 Å². The van der Waals surface area contributed by atoms with Crippen LogP contribution in [0.1, 0.15) is 43.6 Å². The van der Waals surface area contributed by atoms with E-state index in [2.05, 4.69) is 48.0 Å². The summed E-state index contributed by atoms with van der Waals surface area (Å²) in [7, 11) is 0. The van der Waals surface area contributed by atoms with Crippen molar-refractivity contribution < 1.29 is 32.6 Å². The van der Waals surface area contributed by atoms with Crippen molar-refractivity contribution in [1.82, 2.24) is 0 Å². The third kappa shape index (κ3) is 8.39. The van der Waals surface area contributed by atoms with E-state index in [9.17, 15) is 27.9 Å². The number of carbonyl (C=O) groups excluding carboxylic acids is 1. The normalized spacial score (nSPS) is 11.4. The highest BCUT2D eigenvalue weighted by Gasteiger charge is 2.34. The Bertz CT molecular complexity index is 1330. The van der Waals surface area contributed by atoms with Gasteiger partial charge >= 0.3 is 18.4 Å². The molecular formula is C30H34F3N3O4. The highest BCUT2D eigenvalue weighted by Crippen LogP contribution is 2.38. The fraction of sp³-hybridized carbons (Fsp3) is 0.333. The molecule has 3 aromatic rings. The quantitative estimate of drug-likeness (QED) is 0.235. The zero-order valence-electron chi connectivity index (χ0n) is 23.1. The van der Waals surface area contributed by atoms with Gasteiger partial charge in [0.25, 0.3) is 0 Å². The number of aromatic carboxylic acids is 1. The molecule has 0 atom stereocenters. The minimum Gasteiger partial charge on any atom is -0.478 e. The van der Waals surface area contributed by atoms with Crippen LogP contribution in [0.2, 0.25) is 0 Å². The molecule has 40 heavy (non-hydrogen) atoms. The standard InChI is InChI=1S/C30H34F3N3O4/c1-18(2)16-36(17-19(3)4)25-14-11-21(15-24(25)35-29(39)34-22-12-9-20(5)10-13-22)23-7-6-8-26(27(23)28(37)38)40-30(31,32)33/h6-15,18-19H,16-17H2,1-5H3,(H,37,38)(H2,34,35,39). The van der Waals surface area contributed by atoms with Crippen molar-refractivity contribution >= 4 is 29.1 Å². The van der Waals surface area contributed by atoms with E-state index in [1.165, 1.54) is 12.1 Å². The number of alkyl halides is 3. The molecule has 0 aliphatic rings. The molecule has 0 fully saturated rings. The van der Waals surface area contributed by atoms with Gasteiger partial charge in [-0.15, -0.1) is 13.2 Å². The first kappa shape index (κ1) is 30.3. The van der Waals surface area contributed by atoms with Gasteiger partial charge in [-0.1, -0.05) is 63.6 Å². The summed E-state index contributed by atoms with van der Waals surface area (Å²) in [6.07, 6.45) is -5.07. The van der Waals surface area contributed by atoms with E-state index in [4.69, 9.17) is 0 Å². The van der Waals surface area contributed by atoms with Crippen LogP contribution in [0.3, 0.4) is 0 Å². The number of rotatable bonds is 10. The number of carboxylic acids is 1. The van der Waals surface area contributed by atoms with E-state index in [-0.39, 0.29) is 5.56 Å². The second kappa shape index (κ2) is 12.8. The summed E-state index contributed by atoms with van der Waals surface area (Å²) in [5, 5.41) is 15.5. The number of nitrogens with zero attached hydrogens (tertiary/aromatic N) is 1. The van der Waals surface area contributed by atoms with Crippen LogP contribution >= 0.6 is 0 Å². The third-order valence-electron chi connectivity index (χ3n) is 5.84. The Hall–Kier alpha value is -4.21. The third-order valence-corrected chi connectivity index (χ3v) is 5.84. The van der Waals surface area contributed by atoms with Gasteiger partial charge in [-0.2, -0.15) is 0 Å². The van der Waals surface area contributed by atoms with Gasteiger partial charge in [0.05, 0.1) is 11.4 Å². The van der Waals surface area contributed by atoms with Crippen molar-refractivity contribution in [3.63, 3.8) is 0 Å². The van der Waals surface area contributed by atoms with Gasteiger partial charge in [0.15, 0.2) is 0 Å². The van der Waals surface area contributed by atoms with Gasteiger partial charge in [0.2, 0.25) is 0 Å². The summed E-state index contributed by atoms with van der Waals surface area (Å²) < 4.78 is 43.0. The molecule has 0 saturated heterocycles. The second-order valence-corrected chi connectivity index (χ2v) is 10.4. The number of carbonyl (C=O) groups is 2. The first-order valence-electron chi connectivity index (χ1n) is 12.9. The van der Waals surface area contributed by atoms with Gasteiger partial charge in [-0.25, -0.2) is 9.59 Å². The van der Waals surface area contributed by atoms with Crippen LogP contribution in [0.25, 0.3) is 11.1 Å². The Labute approximate surface area is 232 Å². The van der Waals surface area contributed by atoms with E-state index < -0.39 is 29.7 Å². The molecule has 2 amide bonds. The van der Waals surface area contributed by atoms with Crippen LogP contribution in [-0.2, 0) is 0 Å². The lowest BCUT2D eigenvalue weighted by molar-refractivity contribution is -0.274. The maximum Gasteiger partial charge on any atom is 0.573 e. The van der Waals surface area contributed by atoms with E-state index in [0.717, 1.165) is 11.6 Å².